The maximum atomic E-state index is 6.10. The third-order valence-corrected chi connectivity index (χ3v) is 3.17. The van der Waals surface area contributed by atoms with E-state index in [0.717, 1.165) is 16.8 Å². The van der Waals surface area contributed by atoms with Crippen LogP contribution in [-0.4, -0.2) is 26.6 Å². The molecule has 0 amide bonds. The first-order valence-corrected chi connectivity index (χ1v) is 6.10. The van der Waals surface area contributed by atoms with Crippen LogP contribution in [-0.2, 0) is 6.54 Å². The molecular weight excluding hydrogens is 264 g/mol. The lowest BCUT2D eigenvalue weighted by Crippen LogP contribution is -2.01. The van der Waals surface area contributed by atoms with Crippen molar-refractivity contribution in [3.63, 3.8) is 0 Å². The molecule has 0 aliphatic carbocycles. The Morgan fingerprint density at radius 1 is 1.21 bits per heavy atom. The Balaban J connectivity index is 2.06. The lowest BCUT2D eigenvalue weighted by molar-refractivity contribution is 0.408. The van der Waals surface area contributed by atoms with Crippen LogP contribution in [0.1, 0.15) is 5.56 Å². The van der Waals surface area contributed by atoms with Crippen molar-refractivity contribution in [1.29, 1.82) is 0 Å². The molecule has 0 atom stereocenters. The minimum atomic E-state index is 0.400. The Bertz CT molecular complexity index is 725. The summed E-state index contributed by atoms with van der Waals surface area (Å²) in [7, 11) is 1.65. The molecule has 0 aliphatic rings. The van der Waals surface area contributed by atoms with E-state index in [1.54, 1.807) is 13.4 Å². The third-order valence-electron chi connectivity index (χ3n) is 2.90. The highest BCUT2D eigenvalue weighted by atomic mass is 35.5. The van der Waals surface area contributed by atoms with Crippen LogP contribution in [0.5, 0.6) is 5.75 Å². The molecule has 3 rings (SSSR count). The molecule has 0 fully saturated rings. The lowest BCUT2D eigenvalue weighted by atomic mass is 10.2. The van der Waals surface area contributed by atoms with Gasteiger partial charge in [-0.05, 0) is 6.07 Å². The van der Waals surface area contributed by atoms with Gasteiger partial charge in [0.2, 0.25) is 0 Å². The molecule has 6 heteroatoms. The first-order chi connectivity index (χ1) is 9.29. The van der Waals surface area contributed by atoms with Gasteiger partial charge in [-0.3, -0.25) is 0 Å². The molecule has 2 heterocycles. The zero-order chi connectivity index (χ0) is 13.2. The molecule has 0 bridgehead atoms. The minimum Gasteiger partial charge on any atom is -0.496 e. The molecule has 19 heavy (non-hydrogen) atoms. The van der Waals surface area contributed by atoms with E-state index in [9.17, 15) is 0 Å². The van der Waals surface area contributed by atoms with Crippen LogP contribution >= 0.6 is 11.6 Å². The summed E-state index contributed by atoms with van der Waals surface area (Å²) in [6.07, 6.45) is 3.11. The largest absolute Gasteiger partial charge is 0.496 e. The number of imidazole rings is 1. The zero-order valence-electron chi connectivity index (χ0n) is 10.2. The quantitative estimate of drug-likeness (QED) is 0.689. The van der Waals surface area contributed by atoms with Crippen molar-refractivity contribution >= 4 is 22.8 Å². The van der Waals surface area contributed by atoms with Crippen LogP contribution in [0, 0.1) is 0 Å². The Labute approximate surface area is 114 Å². The smallest absolute Gasteiger partial charge is 0.182 e. The van der Waals surface area contributed by atoms with Gasteiger partial charge in [-0.15, -0.1) is 0 Å². The number of para-hydroxylation sites is 1. The van der Waals surface area contributed by atoms with Crippen LogP contribution in [0.15, 0.2) is 36.9 Å². The van der Waals surface area contributed by atoms with Crippen LogP contribution < -0.4 is 4.74 Å². The molecule has 2 aromatic heterocycles. The van der Waals surface area contributed by atoms with E-state index < -0.39 is 0 Å². The molecule has 0 saturated carbocycles. The van der Waals surface area contributed by atoms with E-state index in [1.807, 2.05) is 28.8 Å². The van der Waals surface area contributed by atoms with Gasteiger partial charge in [0.1, 0.15) is 17.6 Å². The van der Waals surface area contributed by atoms with E-state index in [2.05, 4.69) is 15.0 Å². The number of fused-ring (bicyclic) bond motifs is 1. The van der Waals surface area contributed by atoms with Gasteiger partial charge in [-0.1, -0.05) is 29.8 Å². The summed E-state index contributed by atoms with van der Waals surface area (Å²) in [5.41, 5.74) is 2.37. The second-order valence-electron chi connectivity index (χ2n) is 4.02. The monoisotopic (exact) mass is 274 g/mol. The van der Waals surface area contributed by atoms with E-state index in [4.69, 9.17) is 16.3 Å². The van der Waals surface area contributed by atoms with Crippen LogP contribution in [0.3, 0.4) is 0 Å². The van der Waals surface area contributed by atoms with Gasteiger partial charge in [0.25, 0.3) is 0 Å². The molecule has 0 radical (unpaired) electrons. The standard InChI is InChI=1S/C13H11ClN4O/c1-19-10-5-3-2-4-9(10)6-18-8-17-13-11(18)12(14)15-7-16-13/h2-5,7-8H,6H2,1H3. The number of hydrogen-bond acceptors (Lipinski definition) is 4. The number of nitrogens with zero attached hydrogens (tertiary/aromatic N) is 4. The maximum Gasteiger partial charge on any atom is 0.182 e. The average Bonchev–Trinajstić information content (AvgIpc) is 2.84. The van der Waals surface area contributed by atoms with Crippen molar-refractivity contribution in [3.8, 4) is 5.75 Å². The topological polar surface area (TPSA) is 52.8 Å². The molecule has 0 N–H and O–H groups in total. The Hall–Kier alpha value is -2.14. The zero-order valence-corrected chi connectivity index (χ0v) is 11.0. The van der Waals surface area contributed by atoms with Crippen LogP contribution in [0.25, 0.3) is 11.2 Å². The van der Waals surface area contributed by atoms with Gasteiger partial charge >= 0.3 is 0 Å². The summed E-state index contributed by atoms with van der Waals surface area (Å²) in [6.45, 7) is 0.605. The number of halogens is 1. The number of ether oxygens (including phenoxy) is 1. The Morgan fingerprint density at radius 3 is 2.89 bits per heavy atom. The highest BCUT2D eigenvalue weighted by Gasteiger charge is 2.10. The Kier molecular flexibility index (Phi) is 3.05. The first kappa shape index (κ1) is 11.9. The number of methoxy groups -OCH3 is 1. The van der Waals surface area contributed by atoms with Crippen LogP contribution in [0.2, 0.25) is 5.15 Å². The minimum absolute atomic E-state index is 0.400. The summed E-state index contributed by atoms with van der Waals surface area (Å²) in [5.74, 6) is 0.831. The van der Waals surface area contributed by atoms with Gasteiger partial charge in [-0.2, -0.15) is 0 Å². The molecule has 1 aromatic carbocycles. The molecule has 96 valence electrons. The van der Waals surface area contributed by atoms with Crippen molar-refractivity contribution in [2.45, 2.75) is 6.54 Å². The molecule has 0 aliphatic heterocycles. The number of benzene rings is 1. The summed E-state index contributed by atoms with van der Waals surface area (Å²) < 4.78 is 7.25. The summed E-state index contributed by atoms with van der Waals surface area (Å²) in [6, 6.07) is 7.83. The molecule has 3 aromatic rings. The van der Waals surface area contributed by atoms with Crippen molar-refractivity contribution in [2.24, 2.45) is 0 Å². The highest BCUT2D eigenvalue weighted by Crippen LogP contribution is 2.23. The van der Waals surface area contributed by atoms with Crippen molar-refractivity contribution < 1.29 is 4.74 Å². The highest BCUT2D eigenvalue weighted by molar-refractivity contribution is 6.33. The molecular formula is C13H11ClN4O. The molecule has 5 nitrogen and oxygen atoms in total. The summed E-state index contributed by atoms with van der Waals surface area (Å²) in [5, 5.41) is 0.400. The molecule has 0 saturated heterocycles. The Morgan fingerprint density at radius 2 is 2.05 bits per heavy atom. The van der Waals surface area contributed by atoms with E-state index in [-0.39, 0.29) is 0 Å². The average molecular weight is 275 g/mol. The van der Waals surface area contributed by atoms with E-state index in [0.29, 0.717) is 17.3 Å². The molecule has 0 unspecified atom stereocenters. The predicted octanol–water partition coefficient (Wildman–Crippen LogP) is 2.54. The maximum absolute atomic E-state index is 6.10. The first-order valence-electron chi connectivity index (χ1n) is 5.73. The molecule has 0 spiro atoms. The van der Waals surface area contributed by atoms with Crippen LogP contribution in [0.4, 0.5) is 0 Å². The van der Waals surface area contributed by atoms with Gasteiger partial charge in [-0.25, -0.2) is 15.0 Å². The van der Waals surface area contributed by atoms with Crippen molar-refractivity contribution in [3.05, 3.63) is 47.6 Å². The van der Waals surface area contributed by atoms with Gasteiger partial charge in [0.15, 0.2) is 10.8 Å². The second kappa shape index (κ2) is 4.85. The number of aromatic nitrogens is 4. The third kappa shape index (κ3) is 2.13. The number of hydrogen-bond donors (Lipinski definition) is 0. The fraction of sp³-hybridized carbons (Fsp3) is 0.154. The predicted molar refractivity (Wildman–Crippen MR) is 72.4 cm³/mol. The van der Waals surface area contributed by atoms with E-state index >= 15 is 0 Å². The van der Waals surface area contributed by atoms with Crippen molar-refractivity contribution in [2.75, 3.05) is 7.11 Å². The van der Waals surface area contributed by atoms with Gasteiger partial charge in [0.05, 0.1) is 20.0 Å². The van der Waals surface area contributed by atoms with Gasteiger partial charge < -0.3 is 9.30 Å². The number of rotatable bonds is 3. The van der Waals surface area contributed by atoms with Crippen molar-refractivity contribution in [1.82, 2.24) is 19.5 Å². The van der Waals surface area contributed by atoms with E-state index in [1.165, 1.54) is 6.33 Å². The summed E-state index contributed by atoms with van der Waals surface area (Å²) >= 11 is 6.10. The summed E-state index contributed by atoms with van der Waals surface area (Å²) in [4.78, 5) is 12.3. The lowest BCUT2D eigenvalue weighted by Gasteiger charge is -2.09. The normalized spacial score (nSPS) is 10.8. The fourth-order valence-corrected chi connectivity index (χ4v) is 2.25. The van der Waals surface area contributed by atoms with Gasteiger partial charge in [0, 0.05) is 5.56 Å². The SMILES string of the molecule is COc1ccccc1Cn1cnc2ncnc(Cl)c21. The fourth-order valence-electron chi connectivity index (χ4n) is 2.01. The second-order valence-corrected chi connectivity index (χ2v) is 4.38.